The molecule has 0 atom stereocenters. The van der Waals surface area contributed by atoms with Gasteiger partial charge in [0.05, 0.1) is 7.11 Å². The van der Waals surface area contributed by atoms with Crippen molar-refractivity contribution < 1.29 is 4.74 Å². The summed E-state index contributed by atoms with van der Waals surface area (Å²) in [6.07, 6.45) is 3.37. The van der Waals surface area contributed by atoms with Crippen LogP contribution in [0.3, 0.4) is 0 Å². The van der Waals surface area contributed by atoms with Gasteiger partial charge in [0.25, 0.3) is 5.56 Å². The molecule has 1 N–H and O–H groups in total. The van der Waals surface area contributed by atoms with Crippen LogP contribution in [0.5, 0.6) is 5.75 Å². The molecular formula is C16H21N3O2. The van der Waals surface area contributed by atoms with E-state index in [1.54, 1.807) is 24.1 Å². The SMILES string of the molecule is COc1cccc(CNc2nccn(CC(C)C)c2=O)c1. The zero-order valence-electron chi connectivity index (χ0n) is 12.7. The van der Waals surface area contributed by atoms with Gasteiger partial charge in [0.15, 0.2) is 5.82 Å². The lowest BCUT2D eigenvalue weighted by molar-refractivity contribution is 0.414. The molecule has 0 spiro atoms. The molecule has 2 aromatic rings. The minimum absolute atomic E-state index is 0.0888. The van der Waals surface area contributed by atoms with Gasteiger partial charge in [-0.3, -0.25) is 4.79 Å². The van der Waals surface area contributed by atoms with Crippen molar-refractivity contribution in [1.82, 2.24) is 9.55 Å². The number of aromatic nitrogens is 2. The van der Waals surface area contributed by atoms with Gasteiger partial charge in [0, 0.05) is 25.5 Å². The third-order valence-electron chi connectivity index (χ3n) is 3.07. The molecule has 5 nitrogen and oxygen atoms in total. The maximum atomic E-state index is 12.3. The van der Waals surface area contributed by atoms with Crippen molar-refractivity contribution in [3.63, 3.8) is 0 Å². The van der Waals surface area contributed by atoms with Crippen LogP contribution in [0.15, 0.2) is 41.5 Å². The Bertz CT molecular complexity index is 650. The summed E-state index contributed by atoms with van der Waals surface area (Å²) in [4.78, 5) is 16.4. The fourth-order valence-electron chi connectivity index (χ4n) is 2.07. The van der Waals surface area contributed by atoms with Gasteiger partial charge in [-0.2, -0.15) is 0 Å². The van der Waals surface area contributed by atoms with Crippen LogP contribution in [0, 0.1) is 5.92 Å². The number of rotatable bonds is 6. The Morgan fingerprint density at radius 3 is 2.90 bits per heavy atom. The number of nitrogens with one attached hydrogen (secondary N) is 1. The Morgan fingerprint density at radius 2 is 2.19 bits per heavy atom. The van der Waals surface area contributed by atoms with E-state index >= 15 is 0 Å². The smallest absolute Gasteiger partial charge is 0.293 e. The third-order valence-corrected chi connectivity index (χ3v) is 3.07. The van der Waals surface area contributed by atoms with Crippen molar-refractivity contribution in [2.45, 2.75) is 26.9 Å². The Morgan fingerprint density at radius 1 is 1.38 bits per heavy atom. The van der Waals surface area contributed by atoms with Gasteiger partial charge in [0.1, 0.15) is 5.75 Å². The zero-order valence-corrected chi connectivity index (χ0v) is 12.7. The summed E-state index contributed by atoms with van der Waals surface area (Å²) >= 11 is 0. The largest absolute Gasteiger partial charge is 0.497 e. The molecule has 0 fully saturated rings. The van der Waals surface area contributed by atoms with Crippen LogP contribution in [0.25, 0.3) is 0 Å². The summed E-state index contributed by atoms with van der Waals surface area (Å²) in [5, 5.41) is 3.09. The molecule has 0 saturated carbocycles. The van der Waals surface area contributed by atoms with E-state index < -0.39 is 0 Å². The van der Waals surface area contributed by atoms with Crippen molar-refractivity contribution in [3.05, 3.63) is 52.6 Å². The third kappa shape index (κ3) is 4.08. The molecule has 5 heteroatoms. The van der Waals surface area contributed by atoms with Gasteiger partial charge < -0.3 is 14.6 Å². The van der Waals surface area contributed by atoms with Crippen molar-refractivity contribution >= 4 is 5.82 Å². The minimum Gasteiger partial charge on any atom is -0.497 e. The van der Waals surface area contributed by atoms with Gasteiger partial charge in [-0.05, 0) is 23.6 Å². The van der Waals surface area contributed by atoms with Gasteiger partial charge in [0.2, 0.25) is 0 Å². The van der Waals surface area contributed by atoms with Crippen molar-refractivity contribution in [2.75, 3.05) is 12.4 Å². The van der Waals surface area contributed by atoms with E-state index in [9.17, 15) is 4.79 Å². The molecule has 1 aromatic carbocycles. The van der Waals surface area contributed by atoms with Crippen LogP contribution in [0.2, 0.25) is 0 Å². The normalized spacial score (nSPS) is 10.7. The Kier molecular flexibility index (Phi) is 4.98. The first-order chi connectivity index (χ1) is 10.1. The lowest BCUT2D eigenvalue weighted by Gasteiger charge is -2.11. The maximum absolute atomic E-state index is 12.3. The quantitative estimate of drug-likeness (QED) is 0.887. The van der Waals surface area contributed by atoms with Crippen molar-refractivity contribution in [2.24, 2.45) is 5.92 Å². The van der Waals surface area contributed by atoms with Crippen molar-refractivity contribution in [3.8, 4) is 5.75 Å². The molecule has 0 amide bonds. The van der Waals surface area contributed by atoms with Crippen LogP contribution in [0.1, 0.15) is 19.4 Å². The Labute approximate surface area is 124 Å². The summed E-state index contributed by atoms with van der Waals surface area (Å²) in [7, 11) is 1.63. The summed E-state index contributed by atoms with van der Waals surface area (Å²) in [6, 6.07) is 7.72. The van der Waals surface area contributed by atoms with Crippen LogP contribution < -0.4 is 15.6 Å². The minimum atomic E-state index is -0.0888. The molecule has 0 bridgehead atoms. The molecule has 112 valence electrons. The average Bonchev–Trinajstić information content (AvgIpc) is 2.48. The van der Waals surface area contributed by atoms with E-state index in [1.165, 1.54) is 0 Å². The molecule has 2 rings (SSSR count). The molecule has 0 aliphatic heterocycles. The van der Waals surface area contributed by atoms with Crippen LogP contribution >= 0.6 is 0 Å². The molecule has 1 aromatic heterocycles. The molecule has 1 heterocycles. The average molecular weight is 287 g/mol. The van der Waals surface area contributed by atoms with E-state index in [2.05, 4.69) is 24.1 Å². The van der Waals surface area contributed by atoms with E-state index in [-0.39, 0.29) is 5.56 Å². The topological polar surface area (TPSA) is 56.1 Å². The number of hydrogen-bond acceptors (Lipinski definition) is 4. The molecule has 0 radical (unpaired) electrons. The van der Waals surface area contributed by atoms with Crippen LogP contribution in [-0.2, 0) is 13.1 Å². The van der Waals surface area contributed by atoms with E-state index in [0.29, 0.717) is 24.8 Å². The summed E-state index contributed by atoms with van der Waals surface area (Å²) in [6.45, 7) is 5.38. The van der Waals surface area contributed by atoms with Crippen molar-refractivity contribution in [1.29, 1.82) is 0 Å². The highest BCUT2D eigenvalue weighted by molar-refractivity contribution is 5.35. The lowest BCUT2D eigenvalue weighted by atomic mass is 10.2. The predicted octanol–water partition coefficient (Wildman–Crippen LogP) is 2.52. The number of anilines is 1. The van der Waals surface area contributed by atoms with Gasteiger partial charge in [-0.15, -0.1) is 0 Å². The molecule has 0 unspecified atom stereocenters. The Balaban J connectivity index is 2.11. The van der Waals surface area contributed by atoms with Gasteiger partial charge in [-0.1, -0.05) is 26.0 Å². The van der Waals surface area contributed by atoms with Crippen LogP contribution in [-0.4, -0.2) is 16.7 Å². The number of hydrogen-bond donors (Lipinski definition) is 1. The first kappa shape index (κ1) is 15.1. The standard InChI is InChI=1S/C16H21N3O2/c1-12(2)11-19-8-7-17-15(16(19)20)18-10-13-5-4-6-14(9-13)21-3/h4-9,12H,10-11H2,1-3H3,(H,17,18). The second-order valence-corrected chi connectivity index (χ2v) is 5.33. The summed E-state index contributed by atoms with van der Waals surface area (Å²) in [5.41, 5.74) is 0.948. The number of methoxy groups -OCH3 is 1. The summed E-state index contributed by atoms with van der Waals surface area (Å²) in [5.74, 6) is 1.59. The highest BCUT2D eigenvalue weighted by Crippen LogP contribution is 2.13. The number of nitrogens with zero attached hydrogens (tertiary/aromatic N) is 2. The fraction of sp³-hybridized carbons (Fsp3) is 0.375. The first-order valence-corrected chi connectivity index (χ1v) is 7.02. The first-order valence-electron chi connectivity index (χ1n) is 7.02. The lowest BCUT2D eigenvalue weighted by Crippen LogP contribution is -2.25. The second-order valence-electron chi connectivity index (χ2n) is 5.33. The fourth-order valence-corrected chi connectivity index (χ4v) is 2.07. The predicted molar refractivity (Wildman–Crippen MR) is 83.7 cm³/mol. The molecule has 0 saturated heterocycles. The van der Waals surface area contributed by atoms with E-state index in [4.69, 9.17) is 4.74 Å². The number of ether oxygens (including phenoxy) is 1. The second kappa shape index (κ2) is 6.92. The number of benzene rings is 1. The van der Waals surface area contributed by atoms with Crippen LogP contribution in [0.4, 0.5) is 5.82 Å². The monoisotopic (exact) mass is 287 g/mol. The Hall–Kier alpha value is -2.30. The van der Waals surface area contributed by atoms with Gasteiger partial charge >= 0.3 is 0 Å². The zero-order chi connectivity index (χ0) is 15.2. The molecule has 0 aliphatic carbocycles. The molecule has 0 aliphatic rings. The summed E-state index contributed by atoms with van der Waals surface area (Å²) < 4.78 is 6.87. The van der Waals surface area contributed by atoms with Gasteiger partial charge in [-0.25, -0.2) is 4.98 Å². The maximum Gasteiger partial charge on any atom is 0.293 e. The highest BCUT2D eigenvalue weighted by atomic mass is 16.5. The highest BCUT2D eigenvalue weighted by Gasteiger charge is 2.06. The molecule has 21 heavy (non-hydrogen) atoms. The van der Waals surface area contributed by atoms with E-state index in [1.807, 2.05) is 24.3 Å². The molecular weight excluding hydrogens is 266 g/mol. The van der Waals surface area contributed by atoms with E-state index in [0.717, 1.165) is 11.3 Å².